The summed E-state index contributed by atoms with van der Waals surface area (Å²) >= 11 is 1.33. The van der Waals surface area contributed by atoms with E-state index in [-0.39, 0.29) is 23.2 Å². The van der Waals surface area contributed by atoms with E-state index in [4.69, 9.17) is 4.74 Å². The number of fused-ring (bicyclic) bond motifs is 2. The molecule has 6 heteroatoms. The zero-order valence-corrected chi connectivity index (χ0v) is 13.0. The Morgan fingerprint density at radius 3 is 2.90 bits per heavy atom. The standard InChI is InChI=1S/C14H21N3O2S/c1-13(2)9-4-5-14(13,3)6-10(9)19-11(18)7-20-12-15-8-16-17-12/h8-10H,4-7H2,1-3H3,(H,15,16,17). The molecule has 1 heterocycles. The van der Waals surface area contributed by atoms with E-state index in [0.717, 1.165) is 6.42 Å². The van der Waals surface area contributed by atoms with Crippen molar-refractivity contribution in [2.75, 3.05) is 5.75 Å². The number of aromatic amines is 1. The number of hydrogen-bond donors (Lipinski definition) is 1. The van der Waals surface area contributed by atoms with Gasteiger partial charge in [0.25, 0.3) is 0 Å². The second-order valence-electron chi connectivity index (χ2n) is 6.74. The number of carbonyl (C=O) groups excluding carboxylic acids is 1. The molecule has 3 rings (SSSR count). The molecule has 2 fully saturated rings. The van der Waals surface area contributed by atoms with Crippen LogP contribution in [0.3, 0.4) is 0 Å². The Labute approximate surface area is 123 Å². The summed E-state index contributed by atoms with van der Waals surface area (Å²) in [6, 6.07) is 0. The lowest BCUT2D eigenvalue weighted by Crippen LogP contribution is -2.28. The Bertz CT molecular complexity index is 500. The molecule has 110 valence electrons. The normalized spacial score (nSPS) is 34.4. The summed E-state index contributed by atoms with van der Waals surface area (Å²) in [6.07, 6.45) is 4.96. The van der Waals surface area contributed by atoms with Gasteiger partial charge in [-0.2, -0.15) is 5.10 Å². The van der Waals surface area contributed by atoms with Crippen LogP contribution in [0.1, 0.15) is 40.0 Å². The van der Waals surface area contributed by atoms with Gasteiger partial charge < -0.3 is 4.74 Å². The minimum Gasteiger partial charge on any atom is -0.461 e. The number of carbonyl (C=O) groups is 1. The number of aromatic nitrogens is 3. The van der Waals surface area contributed by atoms with Gasteiger partial charge in [-0.05, 0) is 30.1 Å². The fourth-order valence-electron chi connectivity index (χ4n) is 3.92. The largest absolute Gasteiger partial charge is 0.461 e. The molecule has 0 amide bonds. The minimum atomic E-state index is -0.150. The lowest BCUT2D eigenvalue weighted by molar-refractivity contribution is -0.148. The highest BCUT2D eigenvalue weighted by Crippen LogP contribution is 2.66. The molecule has 0 aromatic carbocycles. The maximum atomic E-state index is 12.0. The smallest absolute Gasteiger partial charge is 0.316 e. The Balaban J connectivity index is 1.56. The topological polar surface area (TPSA) is 67.9 Å². The van der Waals surface area contributed by atoms with E-state index in [1.54, 1.807) is 0 Å². The van der Waals surface area contributed by atoms with Gasteiger partial charge in [0, 0.05) is 5.92 Å². The Morgan fingerprint density at radius 1 is 1.55 bits per heavy atom. The van der Waals surface area contributed by atoms with Crippen LogP contribution >= 0.6 is 11.8 Å². The molecular formula is C14H21N3O2S. The van der Waals surface area contributed by atoms with Crippen molar-refractivity contribution in [2.24, 2.45) is 16.7 Å². The van der Waals surface area contributed by atoms with Crippen LogP contribution in [-0.4, -0.2) is 33.0 Å². The van der Waals surface area contributed by atoms with Crippen molar-refractivity contribution in [1.29, 1.82) is 0 Å². The minimum absolute atomic E-state index is 0.0894. The predicted octanol–water partition coefficient (Wildman–Crippen LogP) is 2.65. The summed E-state index contributed by atoms with van der Waals surface area (Å²) in [6.45, 7) is 6.98. The van der Waals surface area contributed by atoms with Gasteiger partial charge in [0.05, 0.1) is 5.75 Å². The van der Waals surface area contributed by atoms with Crippen LogP contribution in [0.5, 0.6) is 0 Å². The third-order valence-electron chi connectivity index (χ3n) is 5.59. The van der Waals surface area contributed by atoms with Gasteiger partial charge >= 0.3 is 5.97 Å². The third-order valence-corrected chi connectivity index (χ3v) is 6.44. The molecule has 3 unspecified atom stereocenters. The molecule has 2 aliphatic carbocycles. The first kappa shape index (κ1) is 13.9. The Morgan fingerprint density at radius 2 is 2.35 bits per heavy atom. The first-order chi connectivity index (χ1) is 9.42. The van der Waals surface area contributed by atoms with Crippen LogP contribution in [0, 0.1) is 16.7 Å². The van der Waals surface area contributed by atoms with Gasteiger partial charge in [-0.25, -0.2) is 4.98 Å². The molecule has 2 aliphatic rings. The second-order valence-corrected chi connectivity index (χ2v) is 7.70. The number of rotatable bonds is 4. The molecule has 1 aromatic rings. The van der Waals surface area contributed by atoms with E-state index in [0.29, 0.717) is 16.5 Å². The fourth-order valence-corrected chi connectivity index (χ4v) is 4.49. The van der Waals surface area contributed by atoms with Gasteiger partial charge in [0.2, 0.25) is 0 Å². The quantitative estimate of drug-likeness (QED) is 0.683. The number of H-pyrrole nitrogens is 1. The molecule has 1 N–H and O–H groups in total. The number of ether oxygens (including phenoxy) is 1. The van der Waals surface area contributed by atoms with Gasteiger partial charge in [0.1, 0.15) is 12.4 Å². The van der Waals surface area contributed by atoms with Crippen LogP contribution in [-0.2, 0) is 9.53 Å². The molecule has 3 atom stereocenters. The summed E-state index contributed by atoms with van der Waals surface area (Å²) < 4.78 is 5.72. The second kappa shape index (κ2) is 4.76. The molecule has 20 heavy (non-hydrogen) atoms. The average molecular weight is 295 g/mol. The Kier molecular flexibility index (Phi) is 3.31. The van der Waals surface area contributed by atoms with E-state index < -0.39 is 0 Å². The van der Waals surface area contributed by atoms with Gasteiger partial charge in [-0.15, -0.1) is 0 Å². The first-order valence-electron chi connectivity index (χ1n) is 7.10. The number of hydrogen-bond acceptors (Lipinski definition) is 5. The van der Waals surface area contributed by atoms with Crippen molar-refractivity contribution < 1.29 is 9.53 Å². The van der Waals surface area contributed by atoms with Crippen molar-refractivity contribution in [3.63, 3.8) is 0 Å². The zero-order valence-electron chi connectivity index (χ0n) is 12.2. The van der Waals surface area contributed by atoms with E-state index in [1.165, 1.54) is 30.9 Å². The molecule has 0 aliphatic heterocycles. The van der Waals surface area contributed by atoms with Gasteiger partial charge in [0.15, 0.2) is 5.16 Å². The van der Waals surface area contributed by atoms with Crippen LogP contribution < -0.4 is 0 Å². The highest BCUT2D eigenvalue weighted by molar-refractivity contribution is 7.99. The Hall–Kier alpha value is -1.04. The van der Waals surface area contributed by atoms with E-state index >= 15 is 0 Å². The first-order valence-corrected chi connectivity index (χ1v) is 8.09. The van der Waals surface area contributed by atoms with Gasteiger partial charge in [-0.3, -0.25) is 9.89 Å². The maximum Gasteiger partial charge on any atom is 0.316 e. The number of esters is 1. The summed E-state index contributed by atoms with van der Waals surface area (Å²) in [5.41, 5.74) is 0.594. The monoisotopic (exact) mass is 295 g/mol. The molecule has 2 bridgehead atoms. The van der Waals surface area contributed by atoms with Crippen LogP contribution in [0.15, 0.2) is 11.5 Å². The van der Waals surface area contributed by atoms with Crippen LogP contribution in [0.25, 0.3) is 0 Å². The fraction of sp³-hybridized carbons (Fsp3) is 0.786. The predicted molar refractivity (Wildman–Crippen MR) is 76.2 cm³/mol. The van der Waals surface area contributed by atoms with Crippen LogP contribution in [0.2, 0.25) is 0 Å². The lowest BCUT2D eigenvalue weighted by atomic mass is 9.71. The molecular weight excluding hydrogens is 274 g/mol. The molecule has 1 aromatic heterocycles. The lowest BCUT2D eigenvalue weighted by Gasteiger charge is -2.33. The molecule has 5 nitrogen and oxygen atoms in total. The van der Waals surface area contributed by atoms with Crippen molar-refractivity contribution >= 4 is 17.7 Å². The summed E-state index contributed by atoms with van der Waals surface area (Å²) in [7, 11) is 0. The maximum absolute atomic E-state index is 12.0. The third kappa shape index (κ3) is 2.14. The molecule has 0 saturated heterocycles. The molecule has 2 saturated carbocycles. The summed E-state index contributed by atoms with van der Waals surface area (Å²) in [5.74, 6) is 0.644. The summed E-state index contributed by atoms with van der Waals surface area (Å²) in [4.78, 5) is 16.0. The number of thioether (sulfide) groups is 1. The van der Waals surface area contributed by atoms with Crippen molar-refractivity contribution in [2.45, 2.75) is 51.3 Å². The SMILES string of the molecule is CC12CCC(C(OC(=O)CSc3ncn[nH]3)C1)C2(C)C. The molecule has 0 radical (unpaired) electrons. The average Bonchev–Trinajstić information content (AvgIpc) is 3.00. The highest BCUT2D eigenvalue weighted by Gasteiger charge is 2.61. The van der Waals surface area contributed by atoms with E-state index in [2.05, 4.69) is 36.0 Å². The highest BCUT2D eigenvalue weighted by atomic mass is 32.2. The van der Waals surface area contributed by atoms with Crippen molar-refractivity contribution in [3.8, 4) is 0 Å². The number of nitrogens with one attached hydrogen (secondary N) is 1. The van der Waals surface area contributed by atoms with E-state index in [1.807, 2.05) is 0 Å². The van der Waals surface area contributed by atoms with Gasteiger partial charge in [-0.1, -0.05) is 32.5 Å². The zero-order chi connectivity index (χ0) is 14.4. The van der Waals surface area contributed by atoms with Crippen LogP contribution in [0.4, 0.5) is 0 Å². The van der Waals surface area contributed by atoms with E-state index in [9.17, 15) is 4.79 Å². The van der Waals surface area contributed by atoms with Crippen molar-refractivity contribution in [1.82, 2.24) is 15.2 Å². The number of nitrogens with zero attached hydrogens (tertiary/aromatic N) is 2. The molecule has 0 spiro atoms. The van der Waals surface area contributed by atoms with Crippen molar-refractivity contribution in [3.05, 3.63) is 6.33 Å². The summed E-state index contributed by atoms with van der Waals surface area (Å²) in [5, 5.41) is 7.13.